The molecular weight excluding hydrogens is 345 g/mol. The van der Waals surface area contributed by atoms with Gasteiger partial charge in [-0.1, -0.05) is 0 Å². The number of nitrogens with zero attached hydrogens (tertiary/aromatic N) is 2. The van der Waals surface area contributed by atoms with Gasteiger partial charge in [-0.2, -0.15) is 0 Å². The van der Waals surface area contributed by atoms with Gasteiger partial charge in [-0.25, -0.2) is 0 Å². The first-order valence-corrected chi connectivity index (χ1v) is 7.05. The Bertz CT molecular complexity index is 447. The van der Waals surface area contributed by atoms with E-state index in [9.17, 15) is 10.1 Å². The molecule has 98 valence electrons. The van der Waals surface area contributed by atoms with Crippen molar-refractivity contribution in [3.63, 3.8) is 0 Å². The number of anilines is 1. The molecule has 0 radical (unpaired) electrons. The largest absolute Gasteiger partial charge is 0.369 e. The highest BCUT2D eigenvalue weighted by molar-refractivity contribution is 14.1. The normalized spacial score (nSPS) is 19.6. The third kappa shape index (κ3) is 2.92. The number of hydrogen-bond donors (Lipinski definition) is 1. The molecule has 5 nitrogen and oxygen atoms in total. The summed E-state index contributed by atoms with van der Waals surface area (Å²) in [6, 6.07) is 5.51. The highest BCUT2D eigenvalue weighted by Gasteiger charge is 2.20. The van der Waals surface area contributed by atoms with Crippen LogP contribution in [0.25, 0.3) is 0 Å². The van der Waals surface area contributed by atoms with E-state index in [2.05, 4.69) is 39.9 Å². The second kappa shape index (κ2) is 5.83. The molecule has 0 bridgehead atoms. The first-order valence-electron chi connectivity index (χ1n) is 5.97. The van der Waals surface area contributed by atoms with E-state index >= 15 is 0 Å². The van der Waals surface area contributed by atoms with Crippen molar-refractivity contribution in [2.45, 2.75) is 18.9 Å². The minimum atomic E-state index is -0.353. The summed E-state index contributed by atoms with van der Waals surface area (Å²) < 4.78 is 0.926. The molecule has 1 aromatic rings. The molecule has 0 amide bonds. The summed E-state index contributed by atoms with van der Waals surface area (Å²) in [4.78, 5) is 12.6. The van der Waals surface area contributed by atoms with Crippen LogP contribution in [0.4, 0.5) is 11.4 Å². The van der Waals surface area contributed by atoms with E-state index in [4.69, 9.17) is 0 Å². The number of nitrogens with one attached hydrogen (secondary N) is 1. The zero-order chi connectivity index (χ0) is 13.1. The Morgan fingerprint density at radius 2 is 2.33 bits per heavy atom. The zero-order valence-electron chi connectivity index (χ0n) is 10.2. The fourth-order valence-electron chi connectivity index (χ4n) is 2.26. The number of halogens is 1. The maximum atomic E-state index is 10.7. The highest BCUT2D eigenvalue weighted by Crippen LogP contribution is 2.28. The Balaban J connectivity index is 2.19. The maximum Gasteiger partial charge on any atom is 0.270 e. The number of non-ortho nitro benzene ring substituents is 1. The van der Waals surface area contributed by atoms with Gasteiger partial charge in [0.15, 0.2) is 0 Å². The fraction of sp³-hybridized carbons (Fsp3) is 0.500. The number of likely N-dealkylation sites (N-methyl/N-ethyl adjacent to an activating group) is 1. The molecule has 0 aromatic heterocycles. The Morgan fingerprint density at radius 3 is 2.89 bits per heavy atom. The first-order chi connectivity index (χ1) is 8.59. The van der Waals surface area contributed by atoms with Crippen molar-refractivity contribution in [1.29, 1.82) is 0 Å². The van der Waals surface area contributed by atoms with Crippen LogP contribution >= 0.6 is 22.6 Å². The van der Waals surface area contributed by atoms with Crippen LogP contribution in [-0.4, -0.2) is 31.1 Å². The van der Waals surface area contributed by atoms with Crippen LogP contribution in [0.5, 0.6) is 0 Å². The molecule has 2 rings (SSSR count). The highest BCUT2D eigenvalue weighted by atomic mass is 127. The van der Waals surface area contributed by atoms with Crippen LogP contribution in [-0.2, 0) is 0 Å². The molecule has 1 saturated heterocycles. The van der Waals surface area contributed by atoms with Crippen LogP contribution in [0.2, 0.25) is 0 Å². The Hall–Kier alpha value is -0.890. The average Bonchev–Trinajstić information content (AvgIpc) is 2.38. The Morgan fingerprint density at radius 1 is 1.56 bits per heavy atom. The predicted octanol–water partition coefficient (Wildman–Crippen LogP) is 2.39. The second-order valence-corrected chi connectivity index (χ2v) is 5.67. The Kier molecular flexibility index (Phi) is 4.39. The number of nitro groups is 1. The standard InChI is InChI=1S/C12H16IN3O2/c1-15(10-3-2-6-14-8-10)12-5-4-9(16(17)18)7-11(12)13/h4-5,7,10,14H,2-3,6,8H2,1H3. The lowest BCUT2D eigenvalue weighted by Gasteiger charge is -2.33. The van der Waals surface area contributed by atoms with Gasteiger partial charge >= 0.3 is 0 Å². The van der Waals surface area contributed by atoms with Crippen LogP contribution in [0.15, 0.2) is 18.2 Å². The van der Waals surface area contributed by atoms with Gasteiger partial charge in [0, 0.05) is 35.3 Å². The van der Waals surface area contributed by atoms with Crippen molar-refractivity contribution in [3.05, 3.63) is 31.9 Å². The number of piperidine rings is 1. The molecular formula is C12H16IN3O2. The van der Waals surface area contributed by atoms with Crippen LogP contribution < -0.4 is 10.2 Å². The second-order valence-electron chi connectivity index (χ2n) is 4.50. The lowest BCUT2D eigenvalue weighted by atomic mass is 10.1. The lowest BCUT2D eigenvalue weighted by molar-refractivity contribution is -0.384. The molecule has 1 unspecified atom stereocenters. The van der Waals surface area contributed by atoms with E-state index < -0.39 is 0 Å². The molecule has 1 N–H and O–H groups in total. The van der Waals surface area contributed by atoms with Gasteiger partial charge in [0.05, 0.1) is 10.6 Å². The molecule has 0 spiro atoms. The third-order valence-electron chi connectivity index (χ3n) is 3.34. The third-order valence-corrected chi connectivity index (χ3v) is 4.20. The van der Waals surface area contributed by atoms with Gasteiger partial charge in [-0.3, -0.25) is 10.1 Å². The van der Waals surface area contributed by atoms with Crippen LogP contribution in [0.3, 0.4) is 0 Å². The van der Waals surface area contributed by atoms with E-state index in [1.807, 2.05) is 6.07 Å². The quantitative estimate of drug-likeness (QED) is 0.510. The molecule has 1 aliphatic rings. The maximum absolute atomic E-state index is 10.7. The van der Waals surface area contributed by atoms with Gasteiger partial charge in [0.1, 0.15) is 0 Å². The zero-order valence-corrected chi connectivity index (χ0v) is 12.4. The molecule has 1 aliphatic heterocycles. The van der Waals surface area contributed by atoms with Crippen molar-refractivity contribution in [1.82, 2.24) is 5.32 Å². The van der Waals surface area contributed by atoms with Gasteiger partial charge in [-0.15, -0.1) is 0 Å². The number of nitro benzene ring substituents is 1. The molecule has 1 atom stereocenters. The van der Waals surface area contributed by atoms with Gasteiger partial charge in [-0.05, 0) is 48.0 Å². The summed E-state index contributed by atoms with van der Waals surface area (Å²) in [5.74, 6) is 0. The van der Waals surface area contributed by atoms with Gasteiger partial charge < -0.3 is 10.2 Å². The van der Waals surface area contributed by atoms with E-state index in [0.717, 1.165) is 28.8 Å². The van der Waals surface area contributed by atoms with Crippen molar-refractivity contribution in [2.24, 2.45) is 0 Å². The van der Waals surface area contributed by atoms with E-state index in [0.29, 0.717) is 6.04 Å². The summed E-state index contributed by atoms with van der Waals surface area (Å²) in [5, 5.41) is 14.1. The predicted molar refractivity (Wildman–Crippen MR) is 80.1 cm³/mol. The molecule has 1 fully saturated rings. The molecule has 0 saturated carbocycles. The van der Waals surface area contributed by atoms with Crippen LogP contribution in [0, 0.1) is 13.7 Å². The van der Waals surface area contributed by atoms with Crippen molar-refractivity contribution < 1.29 is 4.92 Å². The first kappa shape index (κ1) is 13.5. The van der Waals surface area contributed by atoms with E-state index in [1.165, 1.54) is 6.42 Å². The topological polar surface area (TPSA) is 58.4 Å². The minimum Gasteiger partial charge on any atom is -0.369 e. The molecule has 6 heteroatoms. The van der Waals surface area contributed by atoms with Crippen LogP contribution in [0.1, 0.15) is 12.8 Å². The minimum absolute atomic E-state index is 0.151. The molecule has 1 heterocycles. The van der Waals surface area contributed by atoms with E-state index in [-0.39, 0.29) is 10.6 Å². The summed E-state index contributed by atoms with van der Waals surface area (Å²) in [7, 11) is 2.06. The summed E-state index contributed by atoms with van der Waals surface area (Å²) in [6.45, 7) is 2.06. The van der Waals surface area contributed by atoms with E-state index in [1.54, 1.807) is 12.1 Å². The number of hydrogen-bond acceptors (Lipinski definition) is 4. The molecule has 18 heavy (non-hydrogen) atoms. The molecule has 0 aliphatic carbocycles. The summed E-state index contributed by atoms with van der Waals surface area (Å²) in [6.07, 6.45) is 2.34. The van der Waals surface area contributed by atoms with Gasteiger partial charge in [0.25, 0.3) is 5.69 Å². The lowest BCUT2D eigenvalue weighted by Crippen LogP contribution is -2.44. The SMILES string of the molecule is CN(c1ccc([N+](=O)[O-])cc1I)C1CCCNC1. The monoisotopic (exact) mass is 361 g/mol. The fourth-order valence-corrected chi connectivity index (χ4v) is 3.14. The number of rotatable bonds is 3. The number of benzene rings is 1. The van der Waals surface area contributed by atoms with Crippen molar-refractivity contribution >= 4 is 34.0 Å². The Labute approximate surface area is 120 Å². The summed E-state index contributed by atoms with van der Waals surface area (Å²) in [5.41, 5.74) is 1.22. The smallest absolute Gasteiger partial charge is 0.270 e. The molecule has 1 aromatic carbocycles. The summed E-state index contributed by atoms with van der Waals surface area (Å²) >= 11 is 2.16. The van der Waals surface area contributed by atoms with Crippen molar-refractivity contribution in [2.75, 3.05) is 25.0 Å². The van der Waals surface area contributed by atoms with Gasteiger partial charge in [0.2, 0.25) is 0 Å². The van der Waals surface area contributed by atoms with Crippen molar-refractivity contribution in [3.8, 4) is 0 Å². The average molecular weight is 361 g/mol.